The van der Waals surface area contributed by atoms with Crippen LogP contribution in [-0.2, 0) is 19.9 Å². The number of thiophene rings is 1. The van der Waals surface area contributed by atoms with Crippen molar-refractivity contribution < 1.29 is 19.1 Å². The standard InChI is InChI=1S/C26H32N4O4S/c1-26(2,3)15-7-9-17-21(13-15)35-25(29-23(31)19-11-12-27-30(19)4)22(17)24(32)28-18-10-8-16(33-5)14-20(18)34-6/h8,10-12,14-15H,7,9,13H2,1-6H3,(H,28,32)(H,29,31)/t15-/m1/s1. The second kappa shape index (κ2) is 9.73. The maximum absolute atomic E-state index is 13.6. The van der Waals surface area contributed by atoms with Gasteiger partial charge in [0, 0.05) is 24.2 Å². The molecule has 2 aromatic heterocycles. The SMILES string of the molecule is COc1ccc(NC(=O)c2c(NC(=O)c3ccnn3C)sc3c2CC[C@@H](C(C)(C)C)C3)c(OC)c1. The van der Waals surface area contributed by atoms with E-state index in [4.69, 9.17) is 9.47 Å². The molecular formula is C26H32N4O4S. The third kappa shape index (κ3) is 5.05. The average molecular weight is 497 g/mol. The highest BCUT2D eigenvalue weighted by Crippen LogP contribution is 2.45. The number of rotatable bonds is 6. The van der Waals surface area contributed by atoms with Gasteiger partial charge in [0.1, 0.15) is 22.2 Å². The lowest BCUT2D eigenvalue weighted by molar-refractivity contribution is 0.101. The van der Waals surface area contributed by atoms with Gasteiger partial charge in [-0.1, -0.05) is 20.8 Å². The number of carbonyl (C=O) groups excluding carboxylic acids is 2. The molecule has 9 heteroatoms. The van der Waals surface area contributed by atoms with E-state index in [1.165, 1.54) is 16.0 Å². The van der Waals surface area contributed by atoms with Gasteiger partial charge in [0.15, 0.2) is 0 Å². The summed E-state index contributed by atoms with van der Waals surface area (Å²) in [6.07, 6.45) is 4.25. The second-order valence-electron chi connectivity index (χ2n) is 9.83. The van der Waals surface area contributed by atoms with E-state index in [2.05, 4.69) is 36.5 Å². The Morgan fingerprint density at radius 2 is 1.89 bits per heavy atom. The maximum Gasteiger partial charge on any atom is 0.274 e. The molecule has 4 rings (SSSR count). The molecule has 0 spiro atoms. The molecule has 35 heavy (non-hydrogen) atoms. The maximum atomic E-state index is 13.6. The number of carbonyl (C=O) groups is 2. The highest BCUT2D eigenvalue weighted by Gasteiger charge is 2.34. The number of nitrogens with one attached hydrogen (secondary N) is 2. The molecule has 0 saturated heterocycles. The molecule has 0 bridgehead atoms. The molecule has 2 N–H and O–H groups in total. The number of nitrogens with zero attached hydrogens (tertiary/aromatic N) is 2. The van der Waals surface area contributed by atoms with Gasteiger partial charge in [-0.3, -0.25) is 14.3 Å². The van der Waals surface area contributed by atoms with E-state index in [9.17, 15) is 9.59 Å². The van der Waals surface area contributed by atoms with Gasteiger partial charge < -0.3 is 20.1 Å². The molecule has 0 radical (unpaired) electrons. The van der Waals surface area contributed by atoms with Gasteiger partial charge in [0.05, 0.1) is 25.5 Å². The first-order chi connectivity index (χ1) is 16.6. The molecule has 8 nitrogen and oxygen atoms in total. The lowest BCUT2D eigenvalue weighted by Crippen LogP contribution is -2.27. The van der Waals surface area contributed by atoms with Crippen LogP contribution in [0, 0.1) is 11.3 Å². The van der Waals surface area contributed by atoms with Crippen molar-refractivity contribution in [1.82, 2.24) is 9.78 Å². The molecule has 1 aliphatic carbocycles. The van der Waals surface area contributed by atoms with Crippen LogP contribution in [0.3, 0.4) is 0 Å². The van der Waals surface area contributed by atoms with Crippen LogP contribution in [0.1, 0.15) is 58.5 Å². The van der Waals surface area contributed by atoms with Gasteiger partial charge in [-0.25, -0.2) is 0 Å². The molecule has 0 fully saturated rings. The van der Waals surface area contributed by atoms with E-state index in [1.54, 1.807) is 51.7 Å². The molecular weight excluding hydrogens is 464 g/mol. The lowest BCUT2D eigenvalue weighted by Gasteiger charge is -2.33. The number of aryl methyl sites for hydroxylation is 1. The van der Waals surface area contributed by atoms with Gasteiger partial charge in [-0.15, -0.1) is 11.3 Å². The third-order valence-electron chi connectivity index (χ3n) is 6.65. The fourth-order valence-electron chi connectivity index (χ4n) is 4.50. The monoisotopic (exact) mass is 496 g/mol. The molecule has 2 heterocycles. The fraction of sp³-hybridized carbons (Fsp3) is 0.423. The fourth-order valence-corrected chi connectivity index (χ4v) is 5.82. The van der Waals surface area contributed by atoms with Gasteiger partial charge >= 0.3 is 0 Å². The first-order valence-corrected chi connectivity index (χ1v) is 12.4. The summed E-state index contributed by atoms with van der Waals surface area (Å²) in [7, 11) is 4.83. The normalized spacial score (nSPS) is 15.3. The van der Waals surface area contributed by atoms with E-state index in [-0.39, 0.29) is 17.2 Å². The Morgan fingerprint density at radius 3 is 2.51 bits per heavy atom. The number of fused-ring (bicyclic) bond motifs is 1. The zero-order valence-corrected chi connectivity index (χ0v) is 21.8. The molecule has 1 aliphatic rings. The Labute approximate surface area is 209 Å². The van der Waals surface area contributed by atoms with Gasteiger partial charge in [-0.05, 0) is 54.4 Å². The second-order valence-corrected chi connectivity index (χ2v) is 10.9. The number of benzene rings is 1. The number of amides is 2. The van der Waals surface area contributed by atoms with Crippen LogP contribution in [0.4, 0.5) is 10.7 Å². The van der Waals surface area contributed by atoms with Gasteiger partial charge in [-0.2, -0.15) is 5.10 Å². The van der Waals surface area contributed by atoms with Crippen LogP contribution in [0.15, 0.2) is 30.5 Å². The summed E-state index contributed by atoms with van der Waals surface area (Å²) >= 11 is 1.49. The van der Waals surface area contributed by atoms with E-state index in [1.807, 2.05) is 0 Å². The smallest absolute Gasteiger partial charge is 0.274 e. The molecule has 0 saturated carbocycles. The van der Waals surface area contributed by atoms with Crippen molar-refractivity contribution in [3.8, 4) is 11.5 Å². The zero-order chi connectivity index (χ0) is 25.3. The number of aromatic nitrogens is 2. The summed E-state index contributed by atoms with van der Waals surface area (Å²) in [5.41, 5.74) is 2.66. The summed E-state index contributed by atoms with van der Waals surface area (Å²) < 4.78 is 12.2. The number of hydrogen-bond acceptors (Lipinski definition) is 6. The van der Waals surface area contributed by atoms with Crippen molar-refractivity contribution in [1.29, 1.82) is 0 Å². The Bertz CT molecular complexity index is 1250. The van der Waals surface area contributed by atoms with Crippen molar-refractivity contribution in [2.45, 2.75) is 40.0 Å². The lowest BCUT2D eigenvalue weighted by atomic mass is 9.72. The minimum atomic E-state index is -0.299. The summed E-state index contributed by atoms with van der Waals surface area (Å²) in [4.78, 5) is 27.8. The number of methoxy groups -OCH3 is 2. The largest absolute Gasteiger partial charge is 0.497 e. The molecule has 1 atom stereocenters. The highest BCUT2D eigenvalue weighted by atomic mass is 32.1. The Balaban J connectivity index is 1.70. The molecule has 2 amide bonds. The minimum Gasteiger partial charge on any atom is -0.497 e. The topological polar surface area (TPSA) is 94.5 Å². The molecule has 186 valence electrons. The highest BCUT2D eigenvalue weighted by molar-refractivity contribution is 7.17. The summed E-state index contributed by atoms with van der Waals surface area (Å²) in [6.45, 7) is 6.76. The van der Waals surface area contributed by atoms with Crippen molar-refractivity contribution in [2.75, 3.05) is 24.9 Å². The summed E-state index contributed by atoms with van der Waals surface area (Å²) in [5.74, 6) is 1.06. The Kier molecular flexibility index (Phi) is 6.89. The quantitative estimate of drug-likeness (QED) is 0.492. The predicted octanol–water partition coefficient (Wildman–Crippen LogP) is 5.15. The number of hydrogen-bond donors (Lipinski definition) is 2. The van der Waals surface area contributed by atoms with Crippen LogP contribution in [0.5, 0.6) is 11.5 Å². The molecule has 1 aromatic carbocycles. The van der Waals surface area contributed by atoms with E-state index >= 15 is 0 Å². The van der Waals surface area contributed by atoms with E-state index < -0.39 is 0 Å². The average Bonchev–Trinajstić information content (AvgIpc) is 3.41. The van der Waals surface area contributed by atoms with Gasteiger partial charge in [0.25, 0.3) is 11.8 Å². The third-order valence-corrected chi connectivity index (χ3v) is 7.82. The van der Waals surface area contributed by atoms with E-state index in [0.717, 1.165) is 29.7 Å². The zero-order valence-electron chi connectivity index (χ0n) is 21.0. The first-order valence-electron chi connectivity index (χ1n) is 11.6. The minimum absolute atomic E-state index is 0.165. The first kappa shape index (κ1) is 24.8. The molecule has 3 aromatic rings. The Morgan fingerprint density at radius 1 is 1.11 bits per heavy atom. The van der Waals surface area contributed by atoms with Crippen molar-refractivity contribution in [2.24, 2.45) is 18.4 Å². The van der Waals surface area contributed by atoms with Crippen molar-refractivity contribution in [3.05, 3.63) is 52.2 Å². The predicted molar refractivity (Wildman–Crippen MR) is 138 cm³/mol. The van der Waals surface area contributed by atoms with Crippen molar-refractivity contribution in [3.63, 3.8) is 0 Å². The van der Waals surface area contributed by atoms with Crippen LogP contribution in [0.2, 0.25) is 0 Å². The van der Waals surface area contributed by atoms with Gasteiger partial charge in [0.2, 0.25) is 0 Å². The number of anilines is 2. The van der Waals surface area contributed by atoms with Crippen LogP contribution in [-0.4, -0.2) is 35.8 Å². The van der Waals surface area contributed by atoms with Crippen LogP contribution < -0.4 is 20.1 Å². The summed E-state index contributed by atoms with van der Waals surface area (Å²) in [5, 5.41) is 10.6. The number of ether oxygens (including phenoxy) is 2. The molecule has 0 unspecified atom stereocenters. The van der Waals surface area contributed by atoms with Crippen LogP contribution >= 0.6 is 11.3 Å². The summed E-state index contributed by atoms with van der Waals surface area (Å²) in [6, 6.07) is 6.89. The molecule has 0 aliphatic heterocycles. The van der Waals surface area contributed by atoms with Crippen LogP contribution in [0.25, 0.3) is 0 Å². The Hall–Kier alpha value is -3.33. The van der Waals surface area contributed by atoms with E-state index in [0.29, 0.717) is 39.4 Å². The van der Waals surface area contributed by atoms with Crippen molar-refractivity contribution >= 4 is 33.8 Å².